The number of hydrogen-bond acceptors (Lipinski definition) is 2. The van der Waals surface area contributed by atoms with Crippen molar-refractivity contribution in [2.75, 3.05) is 18.0 Å². The molecule has 14 heavy (non-hydrogen) atoms. The summed E-state index contributed by atoms with van der Waals surface area (Å²) in [5, 5.41) is 8.56. The summed E-state index contributed by atoms with van der Waals surface area (Å²) in [7, 11) is 0. The highest BCUT2D eigenvalue weighted by molar-refractivity contribution is 5.52. The molecule has 72 valence electrons. The largest absolute Gasteiger partial charge is 0.371 e. The van der Waals surface area contributed by atoms with Gasteiger partial charge in [-0.2, -0.15) is 5.26 Å². The van der Waals surface area contributed by atoms with Crippen LogP contribution < -0.4 is 4.90 Å². The molecule has 3 heteroatoms. The van der Waals surface area contributed by atoms with Gasteiger partial charge in [0.1, 0.15) is 11.9 Å². The molecule has 1 aromatic carbocycles. The van der Waals surface area contributed by atoms with Crippen molar-refractivity contribution in [2.24, 2.45) is 5.92 Å². The Labute approximate surface area is 82.6 Å². The summed E-state index contributed by atoms with van der Waals surface area (Å²) >= 11 is 0. The van der Waals surface area contributed by atoms with E-state index in [9.17, 15) is 4.39 Å². The number of nitriles is 1. The van der Waals surface area contributed by atoms with Crippen LogP contribution in [0.15, 0.2) is 18.2 Å². The molecule has 0 aromatic heterocycles. The summed E-state index contributed by atoms with van der Waals surface area (Å²) in [5.74, 6) is 0.262. The number of anilines is 1. The van der Waals surface area contributed by atoms with Crippen molar-refractivity contribution in [2.45, 2.75) is 6.92 Å². The van der Waals surface area contributed by atoms with E-state index in [2.05, 4.69) is 11.8 Å². The van der Waals surface area contributed by atoms with Gasteiger partial charge in [0, 0.05) is 18.8 Å². The van der Waals surface area contributed by atoms with Gasteiger partial charge in [-0.25, -0.2) is 4.39 Å². The molecule has 0 saturated carbocycles. The fourth-order valence-electron chi connectivity index (χ4n) is 1.70. The maximum absolute atomic E-state index is 13.2. The lowest BCUT2D eigenvalue weighted by atomic mass is 10.0. The van der Waals surface area contributed by atoms with E-state index in [1.807, 2.05) is 6.07 Å². The fourth-order valence-corrected chi connectivity index (χ4v) is 1.70. The summed E-state index contributed by atoms with van der Waals surface area (Å²) in [6, 6.07) is 6.58. The average Bonchev–Trinajstić information content (AvgIpc) is 2.13. The van der Waals surface area contributed by atoms with Crippen LogP contribution in [0.25, 0.3) is 0 Å². The minimum absolute atomic E-state index is 0.113. The molecule has 0 amide bonds. The zero-order chi connectivity index (χ0) is 10.1. The number of nitrogens with zero attached hydrogens (tertiary/aromatic N) is 2. The molecule has 0 radical (unpaired) electrons. The van der Waals surface area contributed by atoms with E-state index in [0.29, 0.717) is 5.92 Å². The molecule has 2 rings (SSSR count). The molecule has 0 atom stereocenters. The highest BCUT2D eigenvalue weighted by Crippen LogP contribution is 2.25. The summed E-state index contributed by atoms with van der Waals surface area (Å²) < 4.78 is 13.2. The Balaban J connectivity index is 2.22. The molecule has 1 fully saturated rings. The molecule has 1 saturated heterocycles. The first-order chi connectivity index (χ1) is 6.70. The van der Waals surface area contributed by atoms with Crippen molar-refractivity contribution < 1.29 is 4.39 Å². The lowest BCUT2D eigenvalue weighted by Crippen LogP contribution is -2.45. The Morgan fingerprint density at radius 1 is 1.50 bits per heavy atom. The topological polar surface area (TPSA) is 27.0 Å². The molecule has 1 heterocycles. The second kappa shape index (κ2) is 3.30. The Hall–Kier alpha value is -1.56. The summed E-state index contributed by atoms with van der Waals surface area (Å²) in [4.78, 5) is 2.11. The molecule has 1 aliphatic heterocycles. The van der Waals surface area contributed by atoms with Gasteiger partial charge < -0.3 is 4.90 Å². The third-order valence-electron chi connectivity index (χ3n) is 2.50. The Kier molecular flexibility index (Phi) is 2.12. The first-order valence-electron chi connectivity index (χ1n) is 4.65. The van der Waals surface area contributed by atoms with Crippen molar-refractivity contribution in [3.63, 3.8) is 0 Å². The molecule has 0 unspecified atom stereocenters. The van der Waals surface area contributed by atoms with E-state index in [0.717, 1.165) is 18.8 Å². The molecule has 0 N–H and O–H groups in total. The quantitative estimate of drug-likeness (QED) is 0.678. The molecule has 0 bridgehead atoms. The van der Waals surface area contributed by atoms with Gasteiger partial charge in [-0.3, -0.25) is 0 Å². The molecular formula is C11H11FN2. The monoisotopic (exact) mass is 190 g/mol. The van der Waals surface area contributed by atoms with E-state index in [4.69, 9.17) is 5.26 Å². The van der Waals surface area contributed by atoms with E-state index in [-0.39, 0.29) is 5.56 Å². The minimum atomic E-state index is -0.426. The number of rotatable bonds is 1. The van der Waals surface area contributed by atoms with Crippen LogP contribution in [0.2, 0.25) is 0 Å². The van der Waals surface area contributed by atoms with Crippen molar-refractivity contribution in [1.82, 2.24) is 0 Å². The molecule has 1 aromatic rings. The third-order valence-corrected chi connectivity index (χ3v) is 2.50. The van der Waals surface area contributed by atoms with Crippen molar-refractivity contribution in [3.05, 3.63) is 29.6 Å². The van der Waals surface area contributed by atoms with Gasteiger partial charge in [0.2, 0.25) is 0 Å². The first-order valence-corrected chi connectivity index (χ1v) is 4.65. The van der Waals surface area contributed by atoms with E-state index < -0.39 is 5.82 Å². The number of hydrogen-bond donors (Lipinski definition) is 0. The highest BCUT2D eigenvalue weighted by Gasteiger charge is 2.23. The lowest BCUT2D eigenvalue weighted by Gasteiger charge is -2.39. The predicted molar refractivity (Wildman–Crippen MR) is 52.5 cm³/mol. The molecule has 1 aliphatic rings. The third kappa shape index (κ3) is 1.44. The second-order valence-electron chi connectivity index (χ2n) is 3.79. The van der Waals surface area contributed by atoms with E-state index in [1.165, 1.54) is 12.1 Å². The molecular weight excluding hydrogens is 179 g/mol. The van der Waals surface area contributed by atoms with Crippen LogP contribution in [0.1, 0.15) is 12.5 Å². The standard InChI is InChI=1S/C11H11FN2/c1-8-6-14(7-8)10-3-2-9(5-13)11(12)4-10/h2-4,8H,6-7H2,1H3. The fraction of sp³-hybridized carbons (Fsp3) is 0.364. The van der Waals surface area contributed by atoms with Crippen molar-refractivity contribution in [3.8, 4) is 6.07 Å². The SMILES string of the molecule is CC1CN(c2ccc(C#N)c(F)c2)C1. The zero-order valence-electron chi connectivity index (χ0n) is 8.00. The summed E-state index contributed by atoms with van der Waals surface area (Å²) in [5.41, 5.74) is 0.988. The van der Waals surface area contributed by atoms with Crippen molar-refractivity contribution in [1.29, 1.82) is 5.26 Å². The highest BCUT2D eigenvalue weighted by atomic mass is 19.1. The van der Waals surface area contributed by atoms with Gasteiger partial charge in [0.25, 0.3) is 0 Å². The Morgan fingerprint density at radius 2 is 2.21 bits per heavy atom. The van der Waals surface area contributed by atoms with Gasteiger partial charge in [0.05, 0.1) is 5.56 Å². The lowest BCUT2D eigenvalue weighted by molar-refractivity contribution is 0.446. The minimum Gasteiger partial charge on any atom is -0.371 e. The predicted octanol–water partition coefficient (Wildman–Crippen LogP) is 2.15. The van der Waals surface area contributed by atoms with Gasteiger partial charge in [-0.15, -0.1) is 0 Å². The van der Waals surface area contributed by atoms with Gasteiger partial charge in [0.15, 0.2) is 0 Å². The van der Waals surface area contributed by atoms with Gasteiger partial charge in [-0.05, 0) is 24.1 Å². The van der Waals surface area contributed by atoms with Crippen LogP contribution in [0.5, 0.6) is 0 Å². The Bertz CT molecular complexity index is 389. The smallest absolute Gasteiger partial charge is 0.143 e. The first kappa shape index (κ1) is 9.01. The second-order valence-corrected chi connectivity index (χ2v) is 3.79. The summed E-state index contributed by atoms with van der Waals surface area (Å²) in [6.07, 6.45) is 0. The van der Waals surface area contributed by atoms with E-state index in [1.54, 1.807) is 6.07 Å². The summed E-state index contributed by atoms with van der Waals surface area (Å²) in [6.45, 7) is 4.12. The van der Waals surface area contributed by atoms with Crippen LogP contribution in [-0.4, -0.2) is 13.1 Å². The number of benzene rings is 1. The number of halogens is 1. The molecule has 2 nitrogen and oxygen atoms in total. The Morgan fingerprint density at radius 3 is 2.71 bits per heavy atom. The molecule has 0 spiro atoms. The zero-order valence-corrected chi connectivity index (χ0v) is 8.00. The van der Waals surface area contributed by atoms with Crippen LogP contribution in [0.4, 0.5) is 10.1 Å². The molecule has 0 aliphatic carbocycles. The van der Waals surface area contributed by atoms with Crippen molar-refractivity contribution >= 4 is 5.69 Å². The van der Waals surface area contributed by atoms with Gasteiger partial charge >= 0.3 is 0 Å². The normalized spacial score (nSPS) is 16.2. The maximum Gasteiger partial charge on any atom is 0.143 e. The average molecular weight is 190 g/mol. The van der Waals surface area contributed by atoms with Gasteiger partial charge in [-0.1, -0.05) is 6.92 Å². The van der Waals surface area contributed by atoms with E-state index >= 15 is 0 Å². The van der Waals surface area contributed by atoms with Crippen LogP contribution in [0, 0.1) is 23.1 Å². The van der Waals surface area contributed by atoms with Crippen LogP contribution in [0.3, 0.4) is 0 Å². The van der Waals surface area contributed by atoms with Crippen LogP contribution >= 0.6 is 0 Å². The maximum atomic E-state index is 13.2. The van der Waals surface area contributed by atoms with Crippen LogP contribution in [-0.2, 0) is 0 Å².